The molecule has 0 amide bonds. The summed E-state index contributed by atoms with van der Waals surface area (Å²) in [7, 11) is 0. The van der Waals surface area contributed by atoms with Gasteiger partial charge in [-0.05, 0) is 12.7 Å². The third-order valence-electron chi connectivity index (χ3n) is 1.74. The zero-order valence-electron chi connectivity index (χ0n) is 7.87. The van der Waals surface area contributed by atoms with Crippen LogP contribution in [0.3, 0.4) is 0 Å². The van der Waals surface area contributed by atoms with Gasteiger partial charge in [0.15, 0.2) is 0 Å². The summed E-state index contributed by atoms with van der Waals surface area (Å²) in [5.74, 6) is 0.922. The van der Waals surface area contributed by atoms with Crippen molar-refractivity contribution in [2.75, 3.05) is 23.9 Å². The van der Waals surface area contributed by atoms with Crippen molar-refractivity contribution in [3.8, 4) is 0 Å². The Bertz CT molecular complexity index is 249. The molecule has 0 fully saturated rings. The van der Waals surface area contributed by atoms with E-state index in [1.807, 2.05) is 11.8 Å². The minimum Gasteiger partial charge on any atom is -0.368 e. The molecule has 1 aromatic heterocycles. The summed E-state index contributed by atoms with van der Waals surface area (Å²) in [5.41, 5.74) is 5.36. The number of aromatic nitrogens is 3. The predicted molar refractivity (Wildman–Crippen MR) is 56.9 cm³/mol. The van der Waals surface area contributed by atoms with E-state index >= 15 is 0 Å². The first-order valence-corrected chi connectivity index (χ1v) is 5.45. The van der Waals surface area contributed by atoms with E-state index in [-0.39, 0.29) is 0 Å². The summed E-state index contributed by atoms with van der Waals surface area (Å²) in [6.45, 7) is 3.07. The van der Waals surface area contributed by atoms with E-state index < -0.39 is 0 Å². The lowest BCUT2D eigenvalue weighted by Crippen LogP contribution is -2.08. The van der Waals surface area contributed by atoms with Gasteiger partial charge in [-0.1, -0.05) is 6.92 Å². The van der Waals surface area contributed by atoms with E-state index in [9.17, 15) is 0 Å². The molecule has 6 heteroatoms. The van der Waals surface area contributed by atoms with E-state index in [1.54, 1.807) is 0 Å². The molecule has 1 heterocycles. The number of aromatic amines is 1. The maximum Gasteiger partial charge on any atom is 0.243 e. The molecule has 1 unspecified atom stereocenters. The highest BCUT2D eigenvalue weighted by Crippen LogP contribution is 2.09. The number of nitrogens with two attached hydrogens (primary N) is 1. The maximum absolute atomic E-state index is 5.36. The van der Waals surface area contributed by atoms with Gasteiger partial charge in [-0.3, -0.25) is 0 Å². The van der Waals surface area contributed by atoms with Crippen LogP contribution in [0, 0.1) is 0 Å². The van der Waals surface area contributed by atoms with E-state index in [2.05, 4.69) is 33.7 Å². The van der Waals surface area contributed by atoms with Crippen LogP contribution >= 0.6 is 11.8 Å². The molecular weight excluding hydrogens is 186 g/mol. The van der Waals surface area contributed by atoms with Crippen molar-refractivity contribution in [2.24, 2.45) is 0 Å². The zero-order valence-corrected chi connectivity index (χ0v) is 8.69. The van der Waals surface area contributed by atoms with Gasteiger partial charge in [0.25, 0.3) is 0 Å². The van der Waals surface area contributed by atoms with Crippen LogP contribution in [-0.2, 0) is 0 Å². The fraction of sp³-hybridized carbons (Fsp3) is 0.714. The summed E-state index contributed by atoms with van der Waals surface area (Å²) in [6.07, 6.45) is 3.20. The minimum absolute atomic E-state index is 0.348. The molecule has 0 spiro atoms. The Balaban J connectivity index is 2.20. The molecule has 13 heavy (non-hydrogen) atoms. The number of rotatable bonds is 5. The first-order chi connectivity index (χ1) is 6.22. The van der Waals surface area contributed by atoms with E-state index in [0.29, 0.717) is 17.1 Å². The lowest BCUT2D eigenvalue weighted by atomic mass is 10.3. The van der Waals surface area contributed by atoms with Gasteiger partial charge in [0, 0.05) is 11.8 Å². The Hall–Kier alpha value is -0.910. The second-order valence-corrected chi connectivity index (χ2v) is 4.08. The third-order valence-corrected chi connectivity index (χ3v) is 2.78. The van der Waals surface area contributed by atoms with E-state index in [4.69, 9.17) is 5.73 Å². The first kappa shape index (κ1) is 10.2. The van der Waals surface area contributed by atoms with Gasteiger partial charge >= 0.3 is 0 Å². The standard InChI is InChI=1S/C7H15N5S/c1-5(13-2)3-4-9-7-10-6(8)11-12-7/h5H,3-4H2,1-2H3,(H4,8,9,10,11,12). The third kappa shape index (κ3) is 3.54. The average molecular weight is 201 g/mol. The molecule has 0 radical (unpaired) electrons. The monoisotopic (exact) mass is 201 g/mol. The van der Waals surface area contributed by atoms with Gasteiger partial charge in [0.2, 0.25) is 11.9 Å². The molecule has 0 aliphatic heterocycles. The molecule has 5 nitrogen and oxygen atoms in total. The summed E-state index contributed by atoms with van der Waals surface area (Å²) in [6, 6.07) is 0. The predicted octanol–water partition coefficient (Wildman–Crippen LogP) is 0.940. The van der Waals surface area contributed by atoms with Gasteiger partial charge in [0.1, 0.15) is 0 Å². The Kier molecular flexibility index (Phi) is 3.88. The smallest absolute Gasteiger partial charge is 0.243 e. The lowest BCUT2D eigenvalue weighted by Gasteiger charge is -2.06. The normalized spacial score (nSPS) is 12.8. The number of thioether (sulfide) groups is 1. The first-order valence-electron chi connectivity index (χ1n) is 4.17. The zero-order chi connectivity index (χ0) is 9.68. The van der Waals surface area contributed by atoms with Crippen LogP contribution in [-0.4, -0.2) is 33.2 Å². The number of anilines is 2. The topological polar surface area (TPSA) is 79.6 Å². The average Bonchev–Trinajstić information content (AvgIpc) is 2.51. The molecule has 0 saturated carbocycles. The Morgan fingerprint density at radius 1 is 1.69 bits per heavy atom. The number of nitrogen functional groups attached to an aromatic ring is 1. The highest BCUT2D eigenvalue weighted by Gasteiger charge is 2.01. The van der Waals surface area contributed by atoms with Gasteiger partial charge in [-0.25, -0.2) is 5.10 Å². The molecule has 0 aromatic carbocycles. The van der Waals surface area contributed by atoms with Gasteiger partial charge in [-0.2, -0.15) is 16.7 Å². The van der Waals surface area contributed by atoms with Crippen LogP contribution in [0.25, 0.3) is 0 Å². The highest BCUT2D eigenvalue weighted by atomic mass is 32.2. The van der Waals surface area contributed by atoms with Crippen molar-refractivity contribution in [3.05, 3.63) is 0 Å². The summed E-state index contributed by atoms with van der Waals surface area (Å²) in [5, 5.41) is 10.2. The van der Waals surface area contributed by atoms with Crippen LogP contribution in [0.15, 0.2) is 0 Å². The maximum atomic E-state index is 5.36. The molecule has 1 aromatic rings. The molecular formula is C7H15N5S. The van der Waals surface area contributed by atoms with Crippen molar-refractivity contribution >= 4 is 23.7 Å². The fourth-order valence-electron chi connectivity index (χ4n) is 0.858. The molecule has 0 aliphatic carbocycles. The van der Waals surface area contributed by atoms with Crippen LogP contribution in [0.5, 0.6) is 0 Å². The van der Waals surface area contributed by atoms with Crippen LogP contribution < -0.4 is 11.1 Å². The number of nitrogens with zero attached hydrogens (tertiary/aromatic N) is 2. The lowest BCUT2D eigenvalue weighted by molar-refractivity contribution is 0.845. The van der Waals surface area contributed by atoms with E-state index in [0.717, 1.165) is 13.0 Å². The molecule has 0 saturated heterocycles. The highest BCUT2D eigenvalue weighted by molar-refractivity contribution is 7.99. The minimum atomic E-state index is 0.348. The number of H-pyrrole nitrogens is 1. The summed E-state index contributed by atoms with van der Waals surface area (Å²) >= 11 is 1.85. The molecule has 0 bridgehead atoms. The van der Waals surface area contributed by atoms with Crippen molar-refractivity contribution in [1.82, 2.24) is 15.2 Å². The number of nitrogens with one attached hydrogen (secondary N) is 2. The van der Waals surface area contributed by atoms with Gasteiger partial charge in [-0.15, -0.1) is 5.10 Å². The summed E-state index contributed by atoms with van der Waals surface area (Å²) in [4.78, 5) is 3.93. The Morgan fingerprint density at radius 3 is 3.00 bits per heavy atom. The SMILES string of the molecule is CSC(C)CCNc1n[nH]c(N)n1. The fourth-order valence-corrected chi connectivity index (χ4v) is 1.21. The largest absolute Gasteiger partial charge is 0.368 e. The number of hydrogen-bond donors (Lipinski definition) is 3. The van der Waals surface area contributed by atoms with Crippen molar-refractivity contribution in [2.45, 2.75) is 18.6 Å². The van der Waals surface area contributed by atoms with Gasteiger partial charge < -0.3 is 11.1 Å². The van der Waals surface area contributed by atoms with Crippen LogP contribution in [0.1, 0.15) is 13.3 Å². The van der Waals surface area contributed by atoms with Crippen LogP contribution in [0.4, 0.5) is 11.9 Å². The molecule has 74 valence electrons. The van der Waals surface area contributed by atoms with Crippen molar-refractivity contribution < 1.29 is 0 Å². The van der Waals surface area contributed by atoms with E-state index in [1.165, 1.54) is 0 Å². The molecule has 4 N–H and O–H groups in total. The van der Waals surface area contributed by atoms with Crippen molar-refractivity contribution in [3.63, 3.8) is 0 Å². The Morgan fingerprint density at radius 2 is 2.46 bits per heavy atom. The molecule has 1 atom stereocenters. The number of hydrogen-bond acceptors (Lipinski definition) is 5. The van der Waals surface area contributed by atoms with Gasteiger partial charge in [0.05, 0.1) is 0 Å². The molecule has 0 aliphatic rings. The Labute approximate surface area is 81.9 Å². The van der Waals surface area contributed by atoms with Crippen LogP contribution in [0.2, 0.25) is 0 Å². The summed E-state index contributed by atoms with van der Waals surface area (Å²) < 4.78 is 0. The van der Waals surface area contributed by atoms with Crippen molar-refractivity contribution in [1.29, 1.82) is 0 Å². The second-order valence-electron chi connectivity index (χ2n) is 2.81. The second kappa shape index (κ2) is 4.96. The molecule has 1 rings (SSSR count). The quantitative estimate of drug-likeness (QED) is 0.660.